The molecule has 0 saturated carbocycles. The molecule has 0 saturated heterocycles. The van der Waals surface area contributed by atoms with Crippen LogP contribution in [-0.4, -0.2) is 32.7 Å². The van der Waals surface area contributed by atoms with E-state index in [0.29, 0.717) is 11.4 Å². The molecule has 0 aliphatic carbocycles. The number of hydrogen-bond donors (Lipinski definition) is 2. The zero-order valence-corrected chi connectivity index (χ0v) is 8.54. The van der Waals surface area contributed by atoms with Gasteiger partial charge in [-0.2, -0.15) is 0 Å². The molecule has 0 bridgehead atoms. The summed E-state index contributed by atoms with van der Waals surface area (Å²) in [6.45, 7) is -0.352. The molecule has 0 spiro atoms. The maximum absolute atomic E-state index is 10.9. The molecule has 0 fully saturated rings. The van der Waals surface area contributed by atoms with E-state index in [1.54, 1.807) is 18.2 Å². The molecule has 0 atom stereocenters. The molecule has 2 heterocycles. The first-order valence-electron chi connectivity index (χ1n) is 4.57. The van der Waals surface area contributed by atoms with Gasteiger partial charge in [-0.05, 0) is 12.1 Å². The van der Waals surface area contributed by atoms with Gasteiger partial charge in [0.05, 0.1) is 12.6 Å². The van der Waals surface area contributed by atoms with E-state index in [0.717, 1.165) is 0 Å². The third kappa shape index (κ3) is 1.40. The van der Waals surface area contributed by atoms with Gasteiger partial charge >= 0.3 is 5.97 Å². The number of pyridine rings is 1. The third-order valence-corrected chi connectivity index (χ3v) is 2.25. The zero-order valence-electron chi connectivity index (χ0n) is 8.54. The summed E-state index contributed by atoms with van der Waals surface area (Å²) < 4.78 is 6.56. The summed E-state index contributed by atoms with van der Waals surface area (Å²) in [5.41, 5.74) is 0.304. The van der Waals surface area contributed by atoms with Crippen molar-refractivity contribution in [3.05, 3.63) is 29.7 Å². The van der Waals surface area contributed by atoms with Crippen LogP contribution in [-0.2, 0) is 6.61 Å². The number of fused-ring (bicyclic) bond motifs is 1. The smallest absolute Gasteiger partial charge is 0.356 e. The van der Waals surface area contributed by atoms with E-state index in [-0.39, 0.29) is 18.1 Å². The molecule has 2 aromatic rings. The van der Waals surface area contributed by atoms with Gasteiger partial charge in [0.15, 0.2) is 11.6 Å². The van der Waals surface area contributed by atoms with Crippen LogP contribution in [0.25, 0.3) is 5.52 Å². The summed E-state index contributed by atoms with van der Waals surface area (Å²) in [6, 6.07) is 4.95. The van der Waals surface area contributed by atoms with Crippen LogP contribution in [0.15, 0.2) is 18.2 Å². The summed E-state index contributed by atoms with van der Waals surface area (Å²) in [4.78, 5) is 14.8. The molecule has 0 unspecified atom stereocenters. The monoisotopic (exact) mass is 222 g/mol. The van der Waals surface area contributed by atoms with Gasteiger partial charge in [0.25, 0.3) is 0 Å². The van der Waals surface area contributed by atoms with Gasteiger partial charge < -0.3 is 14.9 Å². The van der Waals surface area contributed by atoms with Crippen LogP contribution in [0.1, 0.15) is 16.3 Å². The highest BCUT2D eigenvalue weighted by Crippen LogP contribution is 2.20. The van der Waals surface area contributed by atoms with Gasteiger partial charge in [0.1, 0.15) is 12.4 Å². The Bertz CT molecular complexity index is 547. The molecule has 2 rings (SSSR count). The minimum absolute atomic E-state index is 0.0945. The minimum Gasteiger partial charge on any atom is -0.482 e. The van der Waals surface area contributed by atoms with Crippen LogP contribution in [0.3, 0.4) is 0 Å². The summed E-state index contributed by atoms with van der Waals surface area (Å²) in [7, 11) is 1.47. The number of hydrogen-bond acceptors (Lipinski definition) is 4. The Kier molecular flexibility index (Phi) is 2.49. The molecular weight excluding hydrogens is 212 g/mol. The average Bonchev–Trinajstić information content (AvgIpc) is 2.67. The number of aliphatic hydroxyl groups is 1. The second kappa shape index (κ2) is 3.82. The van der Waals surface area contributed by atoms with Crippen LogP contribution >= 0.6 is 0 Å². The lowest BCUT2D eigenvalue weighted by molar-refractivity contribution is 0.0693. The molecule has 0 radical (unpaired) electrons. The Morgan fingerprint density at radius 2 is 2.31 bits per heavy atom. The third-order valence-electron chi connectivity index (χ3n) is 2.25. The molecule has 6 heteroatoms. The van der Waals surface area contributed by atoms with Gasteiger partial charge in [-0.1, -0.05) is 6.07 Å². The number of carbonyl (C=O) groups is 1. The van der Waals surface area contributed by atoms with Crippen LogP contribution in [0.4, 0.5) is 0 Å². The Hall–Kier alpha value is -2.08. The van der Waals surface area contributed by atoms with Crippen LogP contribution in [0.5, 0.6) is 5.88 Å². The standard InChI is InChI=1S/C10H10N2O4/c1-16-8-4-2-3-6-9(10(14)15)11-7(5-13)12(6)8/h2-4,13H,5H2,1H3,(H,14,15). The maximum Gasteiger partial charge on any atom is 0.356 e. The quantitative estimate of drug-likeness (QED) is 0.791. The first kappa shape index (κ1) is 10.4. The van der Waals surface area contributed by atoms with Crippen molar-refractivity contribution in [3.8, 4) is 5.88 Å². The lowest BCUT2D eigenvalue weighted by Crippen LogP contribution is -1.98. The van der Waals surface area contributed by atoms with Crippen molar-refractivity contribution >= 4 is 11.5 Å². The molecule has 0 amide bonds. The molecule has 0 aliphatic rings. The molecule has 0 aliphatic heterocycles. The van der Waals surface area contributed by atoms with E-state index in [2.05, 4.69) is 4.98 Å². The minimum atomic E-state index is -1.13. The number of methoxy groups -OCH3 is 1. The fourth-order valence-electron chi connectivity index (χ4n) is 1.60. The molecular formula is C10H10N2O4. The fourth-order valence-corrected chi connectivity index (χ4v) is 1.60. The number of aromatic nitrogens is 2. The first-order chi connectivity index (χ1) is 7.69. The summed E-state index contributed by atoms with van der Waals surface area (Å²) in [6.07, 6.45) is 0. The first-order valence-corrected chi connectivity index (χ1v) is 4.57. The van der Waals surface area contributed by atoms with Crippen molar-refractivity contribution < 1.29 is 19.7 Å². The van der Waals surface area contributed by atoms with Gasteiger partial charge in [-0.3, -0.25) is 4.40 Å². The lowest BCUT2D eigenvalue weighted by Gasteiger charge is -2.05. The maximum atomic E-state index is 10.9. The average molecular weight is 222 g/mol. The van der Waals surface area contributed by atoms with Crippen molar-refractivity contribution in [3.63, 3.8) is 0 Å². The second-order valence-electron chi connectivity index (χ2n) is 3.13. The molecule has 6 nitrogen and oxygen atoms in total. The highest BCUT2D eigenvalue weighted by Gasteiger charge is 2.17. The number of imidazole rings is 1. The summed E-state index contributed by atoms with van der Waals surface area (Å²) >= 11 is 0. The van der Waals surface area contributed by atoms with Crippen molar-refractivity contribution in [2.75, 3.05) is 7.11 Å². The Morgan fingerprint density at radius 1 is 1.56 bits per heavy atom. The fraction of sp³-hybridized carbons (Fsp3) is 0.200. The number of aromatic carboxylic acids is 1. The number of rotatable bonds is 3. The van der Waals surface area contributed by atoms with Crippen molar-refractivity contribution in [1.29, 1.82) is 0 Å². The van der Waals surface area contributed by atoms with Crippen molar-refractivity contribution in [1.82, 2.24) is 9.38 Å². The molecule has 2 N–H and O–H groups in total. The summed E-state index contributed by atoms with van der Waals surface area (Å²) in [5.74, 6) is -0.461. The van der Waals surface area contributed by atoms with Gasteiger partial charge in [-0.25, -0.2) is 9.78 Å². The van der Waals surface area contributed by atoms with Gasteiger partial charge in [-0.15, -0.1) is 0 Å². The van der Waals surface area contributed by atoms with Crippen LogP contribution < -0.4 is 4.74 Å². The summed E-state index contributed by atoms with van der Waals surface area (Å²) in [5, 5.41) is 18.1. The number of carboxylic acid groups (broad SMARTS) is 1. The van der Waals surface area contributed by atoms with E-state index in [1.165, 1.54) is 11.5 Å². The van der Waals surface area contributed by atoms with Crippen LogP contribution in [0.2, 0.25) is 0 Å². The van der Waals surface area contributed by atoms with E-state index < -0.39 is 5.97 Å². The predicted octanol–water partition coefficient (Wildman–Crippen LogP) is 0.533. The number of ether oxygens (including phenoxy) is 1. The Balaban J connectivity index is 2.84. The largest absolute Gasteiger partial charge is 0.482 e. The molecule has 16 heavy (non-hydrogen) atoms. The number of nitrogens with zero attached hydrogens (tertiary/aromatic N) is 2. The van der Waals surface area contributed by atoms with E-state index >= 15 is 0 Å². The molecule has 84 valence electrons. The molecule has 0 aromatic carbocycles. The van der Waals surface area contributed by atoms with Gasteiger partial charge in [0.2, 0.25) is 0 Å². The van der Waals surface area contributed by atoms with E-state index in [9.17, 15) is 4.79 Å². The van der Waals surface area contributed by atoms with E-state index in [4.69, 9.17) is 14.9 Å². The highest BCUT2D eigenvalue weighted by molar-refractivity contribution is 5.93. The Labute approximate surface area is 90.7 Å². The van der Waals surface area contributed by atoms with Crippen molar-refractivity contribution in [2.24, 2.45) is 0 Å². The lowest BCUT2D eigenvalue weighted by atomic mass is 10.3. The zero-order chi connectivity index (χ0) is 11.7. The number of carboxylic acids is 1. The normalized spacial score (nSPS) is 10.6. The predicted molar refractivity (Wildman–Crippen MR) is 54.6 cm³/mol. The number of aliphatic hydroxyl groups excluding tert-OH is 1. The van der Waals surface area contributed by atoms with Crippen molar-refractivity contribution in [2.45, 2.75) is 6.61 Å². The van der Waals surface area contributed by atoms with Crippen LogP contribution in [0, 0.1) is 0 Å². The molecule has 2 aromatic heterocycles. The van der Waals surface area contributed by atoms with E-state index in [1.807, 2.05) is 0 Å². The highest BCUT2D eigenvalue weighted by atomic mass is 16.5. The topological polar surface area (TPSA) is 84.1 Å². The van der Waals surface area contributed by atoms with Gasteiger partial charge in [0, 0.05) is 0 Å². The Morgan fingerprint density at radius 3 is 2.88 bits per heavy atom. The second-order valence-corrected chi connectivity index (χ2v) is 3.13. The SMILES string of the molecule is COc1cccc2c(C(=O)O)nc(CO)n12.